The smallest absolute Gasteiger partial charge is 0.258 e. The maximum Gasteiger partial charge on any atom is 0.258 e. The summed E-state index contributed by atoms with van der Waals surface area (Å²) in [5, 5.41) is 3.71. The summed E-state index contributed by atoms with van der Waals surface area (Å²) in [5.41, 5.74) is 7.63. The first-order valence-electron chi connectivity index (χ1n) is 5.88. The van der Waals surface area contributed by atoms with Gasteiger partial charge >= 0.3 is 0 Å². The molecule has 0 bridgehead atoms. The lowest BCUT2D eigenvalue weighted by molar-refractivity contribution is 1.16. The predicted molar refractivity (Wildman–Crippen MR) is 83.4 cm³/mol. The first kappa shape index (κ1) is 13.0. The van der Waals surface area contributed by atoms with Crippen molar-refractivity contribution < 1.29 is 0 Å². The summed E-state index contributed by atoms with van der Waals surface area (Å²) >= 11 is 7.40. The molecule has 2 heterocycles. The van der Waals surface area contributed by atoms with E-state index < -0.39 is 0 Å². The summed E-state index contributed by atoms with van der Waals surface area (Å²) in [6, 6.07) is 7.22. The van der Waals surface area contributed by atoms with E-state index in [2.05, 4.69) is 15.3 Å². The van der Waals surface area contributed by atoms with Gasteiger partial charge in [0.15, 0.2) is 0 Å². The summed E-state index contributed by atoms with van der Waals surface area (Å²) in [6.07, 6.45) is 1.38. The molecule has 4 N–H and O–H groups in total. The van der Waals surface area contributed by atoms with Gasteiger partial charge in [0.05, 0.1) is 32.9 Å². The van der Waals surface area contributed by atoms with Crippen LogP contribution in [0, 0.1) is 0 Å². The Bertz CT molecular complexity index is 827. The zero-order chi connectivity index (χ0) is 14.1. The number of aromatic amines is 1. The molecule has 0 fully saturated rings. The quantitative estimate of drug-likeness (QED) is 0.650. The van der Waals surface area contributed by atoms with E-state index in [1.807, 2.05) is 12.1 Å². The third-order valence-electron chi connectivity index (χ3n) is 2.89. The molecule has 1 aromatic carbocycles. The lowest BCUT2D eigenvalue weighted by atomic mass is 10.2. The highest BCUT2D eigenvalue weighted by atomic mass is 35.5. The summed E-state index contributed by atoms with van der Waals surface area (Å²) in [7, 11) is 0. The van der Waals surface area contributed by atoms with E-state index in [9.17, 15) is 4.79 Å². The van der Waals surface area contributed by atoms with E-state index in [4.69, 9.17) is 17.3 Å². The van der Waals surface area contributed by atoms with Gasteiger partial charge in [-0.3, -0.25) is 4.79 Å². The third-order valence-corrected chi connectivity index (χ3v) is 4.12. The van der Waals surface area contributed by atoms with Gasteiger partial charge in [0, 0.05) is 11.4 Å². The van der Waals surface area contributed by atoms with Crippen molar-refractivity contribution in [2.45, 2.75) is 6.54 Å². The fraction of sp³-hybridized carbons (Fsp3) is 0.0769. The van der Waals surface area contributed by atoms with E-state index in [1.165, 1.54) is 17.7 Å². The predicted octanol–water partition coefficient (Wildman–Crippen LogP) is 2.83. The van der Waals surface area contributed by atoms with Gasteiger partial charge in [-0.25, -0.2) is 4.98 Å². The van der Waals surface area contributed by atoms with Crippen LogP contribution in [-0.2, 0) is 6.54 Å². The van der Waals surface area contributed by atoms with Crippen LogP contribution < -0.4 is 16.6 Å². The Kier molecular flexibility index (Phi) is 3.33. The van der Waals surface area contributed by atoms with Crippen molar-refractivity contribution in [3.05, 3.63) is 50.2 Å². The second-order valence-corrected chi connectivity index (χ2v) is 6.05. The number of hydrogen-bond donors (Lipinski definition) is 3. The molecule has 0 radical (unpaired) electrons. The third kappa shape index (κ3) is 2.48. The van der Waals surface area contributed by atoms with E-state index >= 15 is 0 Å². The Morgan fingerprint density at radius 1 is 1.40 bits per heavy atom. The highest BCUT2D eigenvalue weighted by Gasteiger charge is 2.06. The van der Waals surface area contributed by atoms with Gasteiger partial charge in [-0.15, -0.1) is 11.3 Å². The number of nitrogens with zero attached hydrogens (tertiary/aromatic N) is 1. The van der Waals surface area contributed by atoms with Crippen LogP contribution in [0.1, 0.15) is 4.88 Å². The van der Waals surface area contributed by atoms with Crippen molar-refractivity contribution in [3.8, 4) is 0 Å². The molecule has 3 aromatic rings. The largest absolute Gasteiger partial charge is 0.397 e. The highest BCUT2D eigenvalue weighted by molar-refractivity contribution is 7.16. The monoisotopic (exact) mass is 306 g/mol. The lowest BCUT2D eigenvalue weighted by Gasteiger charge is -2.09. The molecule has 0 spiro atoms. The molecule has 2 aromatic heterocycles. The number of nitrogen functional groups attached to an aromatic ring is 1. The number of nitrogens with one attached hydrogen (secondary N) is 2. The number of benzene rings is 1. The molecule has 102 valence electrons. The van der Waals surface area contributed by atoms with E-state index in [-0.39, 0.29) is 5.56 Å². The number of hydrogen-bond acceptors (Lipinski definition) is 5. The van der Waals surface area contributed by atoms with Crippen molar-refractivity contribution >= 4 is 45.2 Å². The highest BCUT2D eigenvalue weighted by Crippen LogP contribution is 2.26. The second-order valence-electron chi connectivity index (χ2n) is 4.25. The van der Waals surface area contributed by atoms with Crippen LogP contribution in [0.3, 0.4) is 0 Å². The Morgan fingerprint density at radius 3 is 3.00 bits per heavy atom. The van der Waals surface area contributed by atoms with Gasteiger partial charge in [-0.2, -0.15) is 0 Å². The minimum atomic E-state index is -0.196. The standard InChI is InChI=1S/C13H11ClN4OS/c14-12-2-1-7(20-12)5-16-11-4-10-8(3-9(11)15)13(19)18-6-17-10/h1-4,6,16H,5,15H2,(H,17,18,19). The number of H-pyrrole nitrogens is 1. The maximum atomic E-state index is 11.6. The zero-order valence-electron chi connectivity index (χ0n) is 10.3. The van der Waals surface area contributed by atoms with Crippen LogP contribution in [0.5, 0.6) is 0 Å². The molecule has 0 aliphatic heterocycles. The van der Waals surface area contributed by atoms with Crippen LogP contribution >= 0.6 is 22.9 Å². The van der Waals surface area contributed by atoms with Crippen molar-refractivity contribution in [2.24, 2.45) is 0 Å². The number of thiophene rings is 1. The molecular formula is C13H11ClN4OS. The average Bonchev–Trinajstić information content (AvgIpc) is 2.83. The normalized spacial score (nSPS) is 10.8. The van der Waals surface area contributed by atoms with E-state index in [0.717, 1.165) is 14.9 Å². The summed E-state index contributed by atoms with van der Waals surface area (Å²) in [5.74, 6) is 0. The molecule has 3 rings (SSSR count). The van der Waals surface area contributed by atoms with Gasteiger partial charge in [0.1, 0.15) is 0 Å². The fourth-order valence-corrected chi connectivity index (χ4v) is 2.94. The van der Waals surface area contributed by atoms with E-state index in [1.54, 1.807) is 12.1 Å². The molecule has 5 nitrogen and oxygen atoms in total. The summed E-state index contributed by atoms with van der Waals surface area (Å²) in [4.78, 5) is 19.4. The molecule has 0 atom stereocenters. The molecule has 0 saturated heterocycles. The van der Waals surface area contributed by atoms with Crippen molar-refractivity contribution in [3.63, 3.8) is 0 Å². The first-order valence-corrected chi connectivity index (χ1v) is 7.08. The average molecular weight is 307 g/mol. The van der Waals surface area contributed by atoms with Crippen LogP contribution in [0.25, 0.3) is 10.9 Å². The number of nitrogens with two attached hydrogens (primary N) is 1. The maximum absolute atomic E-state index is 11.6. The SMILES string of the molecule is Nc1cc2c(=O)[nH]cnc2cc1NCc1ccc(Cl)s1. The Hall–Kier alpha value is -2.05. The molecular weight excluding hydrogens is 296 g/mol. The van der Waals surface area contributed by atoms with Crippen LogP contribution in [0.2, 0.25) is 4.34 Å². The molecule has 20 heavy (non-hydrogen) atoms. The van der Waals surface area contributed by atoms with Gasteiger partial charge in [-0.05, 0) is 24.3 Å². The summed E-state index contributed by atoms with van der Waals surface area (Å²) < 4.78 is 0.751. The number of halogens is 1. The number of fused-ring (bicyclic) bond motifs is 1. The summed E-state index contributed by atoms with van der Waals surface area (Å²) in [6.45, 7) is 0.621. The minimum Gasteiger partial charge on any atom is -0.397 e. The number of rotatable bonds is 3. The molecule has 7 heteroatoms. The van der Waals surface area contributed by atoms with Gasteiger partial charge in [-0.1, -0.05) is 11.6 Å². The molecule has 0 saturated carbocycles. The van der Waals surface area contributed by atoms with Gasteiger partial charge in [0.25, 0.3) is 5.56 Å². The molecule has 0 aliphatic rings. The fourth-order valence-electron chi connectivity index (χ4n) is 1.91. The van der Waals surface area contributed by atoms with Crippen molar-refractivity contribution in [1.82, 2.24) is 9.97 Å². The Labute approximate surface area is 123 Å². The second kappa shape index (κ2) is 5.15. The number of anilines is 2. The van der Waals surface area contributed by atoms with Crippen molar-refractivity contribution in [2.75, 3.05) is 11.1 Å². The molecule has 0 aliphatic carbocycles. The molecule has 0 unspecified atom stereocenters. The van der Waals surface area contributed by atoms with Gasteiger partial charge < -0.3 is 16.0 Å². The van der Waals surface area contributed by atoms with E-state index in [0.29, 0.717) is 23.1 Å². The Morgan fingerprint density at radius 2 is 2.25 bits per heavy atom. The van der Waals surface area contributed by atoms with Gasteiger partial charge in [0.2, 0.25) is 0 Å². The zero-order valence-corrected chi connectivity index (χ0v) is 11.9. The lowest BCUT2D eigenvalue weighted by Crippen LogP contribution is -2.08. The Balaban J connectivity index is 1.91. The molecule has 0 amide bonds. The minimum absolute atomic E-state index is 0.196. The van der Waals surface area contributed by atoms with Crippen LogP contribution in [0.4, 0.5) is 11.4 Å². The van der Waals surface area contributed by atoms with Crippen molar-refractivity contribution in [1.29, 1.82) is 0 Å². The number of aromatic nitrogens is 2. The first-order chi connectivity index (χ1) is 9.63. The topological polar surface area (TPSA) is 83.8 Å². The van der Waals surface area contributed by atoms with Crippen LogP contribution in [-0.4, -0.2) is 9.97 Å². The van der Waals surface area contributed by atoms with Crippen LogP contribution in [0.15, 0.2) is 35.4 Å².